The highest BCUT2D eigenvalue weighted by Gasteiger charge is 2.36. The van der Waals surface area contributed by atoms with Crippen LogP contribution < -0.4 is 5.32 Å². The Labute approximate surface area is 166 Å². The molecule has 0 saturated carbocycles. The molecule has 3 rings (SSSR count). The lowest BCUT2D eigenvalue weighted by Gasteiger charge is -2.14. The predicted molar refractivity (Wildman–Crippen MR) is 104 cm³/mol. The molecule has 1 N–H and O–H groups in total. The highest BCUT2D eigenvalue weighted by molar-refractivity contribution is 8.18. The van der Waals surface area contributed by atoms with Gasteiger partial charge in [-0.25, -0.2) is 0 Å². The van der Waals surface area contributed by atoms with Crippen molar-refractivity contribution in [2.45, 2.75) is 18.9 Å². The fourth-order valence-electron chi connectivity index (χ4n) is 2.86. The molecule has 2 fully saturated rings. The molecule has 2 heterocycles. The summed E-state index contributed by atoms with van der Waals surface area (Å²) in [6, 6.07) is 6.49. The largest absolute Gasteiger partial charge is 0.615 e. The van der Waals surface area contributed by atoms with Crippen molar-refractivity contribution >= 4 is 56.7 Å². The first-order valence-electron chi connectivity index (χ1n) is 8.24. The zero-order chi connectivity index (χ0) is 19.6. The highest BCUT2D eigenvalue weighted by atomic mass is 35.5. The fourth-order valence-corrected chi connectivity index (χ4v) is 5.60. The van der Waals surface area contributed by atoms with Crippen LogP contribution >= 0.6 is 23.4 Å². The van der Waals surface area contributed by atoms with Crippen molar-refractivity contribution in [1.82, 2.24) is 10.2 Å². The van der Waals surface area contributed by atoms with Gasteiger partial charge in [-0.3, -0.25) is 19.3 Å². The first-order valence-corrected chi connectivity index (χ1v) is 11.3. The molecule has 0 spiro atoms. The fraction of sp³-hybridized carbons (Fsp3) is 0.353. The van der Waals surface area contributed by atoms with E-state index >= 15 is 0 Å². The second kappa shape index (κ2) is 8.14. The standard InChI is InChI=1S/C17H17ClN2O5S2/c18-12-3-1-2-11(8-12)9-14-16(22)20(17(23)26-14)6-4-15(21)19-13-5-7-27(24,25)10-13/h1-3,8-9,13H,4-7,10H2,(H-,19,21,24,25)/b14-9+. The number of nitrogens with one attached hydrogen (secondary N) is 1. The lowest BCUT2D eigenvalue weighted by Crippen LogP contribution is -2.39. The number of benzene rings is 1. The van der Waals surface area contributed by atoms with E-state index in [1.54, 1.807) is 30.3 Å². The number of carbonyl (C=O) groups excluding carboxylic acids is 3. The van der Waals surface area contributed by atoms with Gasteiger partial charge < -0.3 is 9.87 Å². The van der Waals surface area contributed by atoms with Crippen LogP contribution in [0.2, 0.25) is 5.02 Å². The highest BCUT2D eigenvalue weighted by Crippen LogP contribution is 2.32. The smallest absolute Gasteiger partial charge is 0.293 e. The Morgan fingerprint density at radius 2 is 2.22 bits per heavy atom. The second-order valence-corrected chi connectivity index (χ2v) is 9.96. The summed E-state index contributed by atoms with van der Waals surface area (Å²) in [6.45, 7) is -0.0527. The maximum atomic E-state index is 12.4. The van der Waals surface area contributed by atoms with E-state index in [1.807, 2.05) is 0 Å². The maximum Gasteiger partial charge on any atom is 0.293 e. The zero-order valence-corrected chi connectivity index (χ0v) is 16.6. The molecule has 0 bridgehead atoms. The minimum absolute atomic E-state index is 0.0527. The van der Waals surface area contributed by atoms with E-state index in [4.69, 9.17) is 11.6 Å². The van der Waals surface area contributed by atoms with Gasteiger partial charge in [0.25, 0.3) is 11.1 Å². The molecule has 144 valence electrons. The van der Waals surface area contributed by atoms with Gasteiger partial charge >= 0.3 is 0 Å². The van der Waals surface area contributed by atoms with E-state index < -0.39 is 27.4 Å². The Balaban J connectivity index is 1.56. The van der Waals surface area contributed by atoms with Crippen LogP contribution in [0, 0.1) is 0 Å². The summed E-state index contributed by atoms with van der Waals surface area (Å²) in [5.41, 5.74) is 0.702. The molecule has 2 aliphatic rings. The third-order valence-electron chi connectivity index (χ3n) is 4.18. The van der Waals surface area contributed by atoms with Crippen LogP contribution in [0.5, 0.6) is 0 Å². The van der Waals surface area contributed by atoms with Crippen molar-refractivity contribution in [3.05, 3.63) is 39.8 Å². The van der Waals surface area contributed by atoms with Gasteiger partial charge in [-0.1, -0.05) is 23.7 Å². The van der Waals surface area contributed by atoms with Crippen molar-refractivity contribution in [3.63, 3.8) is 0 Å². The van der Waals surface area contributed by atoms with E-state index in [-0.39, 0.29) is 35.3 Å². The first-order chi connectivity index (χ1) is 12.7. The summed E-state index contributed by atoms with van der Waals surface area (Å²) in [6.07, 6.45) is 1.90. The topological polar surface area (TPSA) is 107 Å². The van der Waals surface area contributed by atoms with E-state index in [2.05, 4.69) is 5.32 Å². The van der Waals surface area contributed by atoms with Gasteiger partial charge in [0.1, 0.15) is 11.5 Å². The predicted octanol–water partition coefficient (Wildman–Crippen LogP) is 2.28. The van der Waals surface area contributed by atoms with Gasteiger partial charge in [0, 0.05) is 34.6 Å². The molecule has 2 aliphatic heterocycles. The quantitative estimate of drug-likeness (QED) is 0.569. The number of sulfone groups is 1. The van der Waals surface area contributed by atoms with Crippen molar-refractivity contribution in [3.8, 4) is 0 Å². The van der Waals surface area contributed by atoms with Gasteiger partial charge in [-0.05, 0) is 35.5 Å². The van der Waals surface area contributed by atoms with Crippen molar-refractivity contribution < 1.29 is 23.1 Å². The van der Waals surface area contributed by atoms with Crippen LogP contribution in [0.3, 0.4) is 0 Å². The van der Waals surface area contributed by atoms with Crippen molar-refractivity contribution in [2.24, 2.45) is 0 Å². The molecule has 0 aromatic heterocycles. The van der Waals surface area contributed by atoms with E-state index in [0.29, 0.717) is 17.0 Å². The number of nitrogens with zero attached hydrogens (tertiary/aromatic N) is 1. The number of carbonyl (C=O) groups is 3. The second-order valence-electron chi connectivity index (χ2n) is 6.31. The average Bonchev–Trinajstić information content (AvgIpc) is 3.05. The lowest BCUT2D eigenvalue weighted by molar-refractivity contribution is -0.124. The monoisotopic (exact) mass is 428 g/mol. The number of hydrogen-bond acceptors (Lipinski definition) is 6. The Bertz CT molecular complexity index is 873. The number of imide groups is 1. The summed E-state index contributed by atoms with van der Waals surface area (Å²) < 4.78 is 22.8. The molecular weight excluding hydrogens is 412 g/mol. The van der Waals surface area contributed by atoms with E-state index in [0.717, 1.165) is 16.7 Å². The summed E-state index contributed by atoms with van der Waals surface area (Å²) in [4.78, 5) is 37.8. The molecule has 10 heteroatoms. The molecule has 1 aromatic carbocycles. The summed E-state index contributed by atoms with van der Waals surface area (Å²) in [7, 11) is -3.08. The minimum Gasteiger partial charge on any atom is -0.615 e. The summed E-state index contributed by atoms with van der Waals surface area (Å²) in [5, 5.41) is 2.72. The Hall–Kier alpha value is -1.68. The number of thioether (sulfide) groups is 1. The van der Waals surface area contributed by atoms with Gasteiger partial charge in [0.05, 0.1) is 10.9 Å². The molecular formula is C17H17ClN2O5S2. The van der Waals surface area contributed by atoms with Gasteiger partial charge in [-0.15, -0.1) is 4.21 Å². The molecule has 2 atom stereocenters. The minimum atomic E-state index is -3.08. The van der Waals surface area contributed by atoms with Crippen LogP contribution in [0.4, 0.5) is 4.79 Å². The Morgan fingerprint density at radius 1 is 1.44 bits per heavy atom. The van der Waals surface area contributed by atoms with Crippen LogP contribution in [-0.4, -0.2) is 50.6 Å². The maximum absolute atomic E-state index is 12.4. The summed E-state index contributed by atoms with van der Waals surface area (Å²) in [5.74, 6) is -0.839. The Morgan fingerprint density at radius 3 is 2.89 bits per heavy atom. The third-order valence-corrected chi connectivity index (χ3v) is 7.09. The molecule has 0 aliphatic carbocycles. The first kappa shape index (κ1) is 20.1. The number of amides is 3. The van der Waals surface area contributed by atoms with Crippen LogP contribution in [0.25, 0.3) is 6.08 Å². The van der Waals surface area contributed by atoms with Gasteiger partial charge in [0.2, 0.25) is 5.91 Å². The van der Waals surface area contributed by atoms with Gasteiger partial charge in [0.15, 0.2) is 0 Å². The van der Waals surface area contributed by atoms with E-state index in [1.165, 1.54) is 0 Å². The van der Waals surface area contributed by atoms with Crippen molar-refractivity contribution in [2.75, 3.05) is 18.1 Å². The number of rotatable bonds is 5. The molecule has 7 nitrogen and oxygen atoms in total. The van der Waals surface area contributed by atoms with Crippen LogP contribution in [0.1, 0.15) is 18.4 Å². The lowest BCUT2D eigenvalue weighted by atomic mass is 10.2. The molecule has 0 radical (unpaired) electrons. The third kappa shape index (κ3) is 5.19. The number of hydrogen-bond donors (Lipinski definition) is 1. The summed E-state index contributed by atoms with van der Waals surface area (Å²) >= 11 is 6.73. The average molecular weight is 429 g/mol. The molecule has 1 aromatic rings. The normalized spacial score (nSPS) is 26.8. The Kier molecular flexibility index (Phi) is 6.05. The molecule has 2 unspecified atom stereocenters. The van der Waals surface area contributed by atoms with E-state index in [9.17, 15) is 23.1 Å². The SMILES string of the molecule is O=C(CCN1C(=O)S/C(=C/c2cccc(Cl)c2)C1=O)NC1CC[S+](=O)([O-])C1. The zero-order valence-electron chi connectivity index (χ0n) is 14.2. The molecule has 3 amide bonds. The van der Waals surface area contributed by atoms with Crippen molar-refractivity contribution in [1.29, 1.82) is 0 Å². The van der Waals surface area contributed by atoms with Crippen LogP contribution in [0.15, 0.2) is 29.2 Å². The molecule has 2 saturated heterocycles. The van der Waals surface area contributed by atoms with Crippen LogP contribution in [-0.2, 0) is 24.0 Å². The number of halogens is 1. The van der Waals surface area contributed by atoms with Gasteiger partial charge in [-0.2, -0.15) is 0 Å². The molecule has 27 heavy (non-hydrogen) atoms.